The summed E-state index contributed by atoms with van der Waals surface area (Å²) in [5, 5.41) is 11.7. The van der Waals surface area contributed by atoms with Crippen molar-refractivity contribution in [2.75, 3.05) is 24.0 Å². The zero-order valence-corrected chi connectivity index (χ0v) is 17.8. The molecule has 0 unspecified atom stereocenters. The van der Waals surface area contributed by atoms with E-state index < -0.39 is 0 Å². The van der Waals surface area contributed by atoms with Gasteiger partial charge in [-0.15, -0.1) is 10.2 Å². The number of nitrogen functional groups attached to an aromatic ring is 1. The van der Waals surface area contributed by atoms with Crippen molar-refractivity contribution < 1.29 is 9.53 Å². The molecule has 0 aliphatic rings. The smallest absolute Gasteiger partial charge is 0.234 e. The van der Waals surface area contributed by atoms with E-state index in [1.807, 2.05) is 48.5 Å². The second-order valence-electron chi connectivity index (χ2n) is 7.51. The number of hydrogen-bond donors (Lipinski definition) is 2. The Morgan fingerprint density at radius 1 is 1.14 bits per heavy atom. The van der Waals surface area contributed by atoms with Crippen LogP contribution in [0.4, 0.5) is 5.69 Å². The van der Waals surface area contributed by atoms with Gasteiger partial charge < -0.3 is 15.9 Å². The third-order valence-electron chi connectivity index (χ3n) is 4.35. The van der Waals surface area contributed by atoms with Gasteiger partial charge in [0, 0.05) is 5.69 Å². The molecule has 3 rings (SSSR count). The van der Waals surface area contributed by atoms with Crippen LogP contribution in [-0.4, -0.2) is 33.6 Å². The fraction of sp³-hybridized carbons (Fsp3) is 0.286. The Kier molecular flexibility index (Phi) is 6.12. The van der Waals surface area contributed by atoms with Crippen LogP contribution in [0.1, 0.15) is 26.3 Å². The van der Waals surface area contributed by atoms with Crippen molar-refractivity contribution in [1.82, 2.24) is 14.9 Å². The van der Waals surface area contributed by atoms with Crippen LogP contribution in [-0.2, 0) is 10.2 Å². The Morgan fingerprint density at radius 3 is 2.55 bits per heavy atom. The number of anilines is 1. The average molecular weight is 412 g/mol. The number of carbonyl (C=O) groups excluding carboxylic acids is 1. The highest BCUT2D eigenvalue weighted by molar-refractivity contribution is 7.99. The van der Waals surface area contributed by atoms with Crippen LogP contribution in [0.15, 0.2) is 53.7 Å². The number of benzene rings is 2. The number of para-hydroxylation sites is 2. The SMILES string of the molecule is COc1ccccc1-c1nnc(SCC(=O)Nc2ccccc2C(C)(C)C)n1N. The Hall–Kier alpha value is -3.00. The van der Waals surface area contributed by atoms with Gasteiger partial charge in [-0.05, 0) is 29.2 Å². The maximum absolute atomic E-state index is 12.5. The van der Waals surface area contributed by atoms with E-state index >= 15 is 0 Å². The minimum atomic E-state index is -0.131. The second kappa shape index (κ2) is 8.57. The van der Waals surface area contributed by atoms with E-state index in [1.54, 1.807) is 7.11 Å². The van der Waals surface area contributed by atoms with E-state index in [2.05, 4.69) is 36.3 Å². The van der Waals surface area contributed by atoms with E-state index in [0.717, 1.165) is 16.8 Å². The highest BCUT2D eigenvalue weighted by Gasteiger charge is 2.20. The monoisotopic (exact) mass is 411 g/mol. The van der Waals surface area contributed by atoms with Crippen molar-refractivity contribution in [2.45, 2.75) is 31.3 Å². The predicted octanol–water partition coefficient (Wildman–Crippen LogP) is 3.70. The summed E-state index contributed by atoms with van der Waals surface area (Å²) in [6.45, 7) is 6.34. The number of hydrogen-bond acceptors (Lipinski definition) is 6. The van der Waals surface area contributed by atoms with E-state index in [4.69, 9.17) is 10.6 Å². The third kappa shape index (κ3) is 4.71. The highest BCUT2D eigenvalue weighted by Crippen LogP contribution is 2.31. The molecule has 0 bridgehead atoms. The molecule has 1 amide bonds. The van der Waals surface area contributed by atoms with Crippen LogP contribution in [0.5, 0.6) is 5.75 Å². The first-order chi connectivity index (χ1) is 13.8. The first kappa shape index (κ1) is 20.7. The first-order valence-corrected chi connectivity index (χ1v) is 10.2. The fourth-order valence-electron chi connectivity index (χ4n) is 2.95. The molecular weight excluding hydrogens is 386 g/mol. The molecule has 0 atom stereocenters. The van der Waals surface area contributed by atoms with Gasteiger partial charge in [0.05, 0.1) is 18.4 Å². The number of thioether (sulfide) groups is 1. The number of methoxy groups -OCH3 is 1. The summed E-state index contributed by atoms with van der Waals surface area (Å²) < 4.78 is 6.73. The molecule has 0 saturated heterocycles. The van der Waals surface area contributed by atoms with Gasteiger partial charge in [0.25, 0.3) is 0 Å². The summed E-state index contributed by atoms with van der Waals surface area (Å²) >= 11 is 1.23. The van der Waals surface area contributed by atoms with Crippen LogP contribution in [0.3, 0.4) is 0 Å². The molecule has 29 heavy (non-hydrogen) atoms. The number of ether oxygens (including phenoxy) is 1. The van der Waals surface area contributed by atoms with Crippen LogP contribution >= 0.6 is 11.8 Å². The lowest BCUT2D eigenvalue weighted by molar-refractivity contribution is -0.113. The minimum absolute atomic E-state index is 0.0713. The predicted molar refractivity (Wildman–Crippen MR) is 117 cm³/mol. The number of nitrogens with two attached hydrogens (primary N) is 1. The number of amides is 1. The summed E-state index contributed by atoms with van der Waals surface area (Å²) in [4.78, 5) is 12.5. The van der Waals surface area contributed by atoms with Crippen molar-refractivity contribution >= 4 is 23.4 Å². The number of nitrogens with zero attached hydrogens (tertiary/aromatic N) is 3. The lowest BCUT2D eigenvalue weighted by Gasteiger charge is -2.22. The number of carbonyl (C=O) groups is 1. The van der Waals surface area contributed by atoms with Gasteiger partial charge in [0.1, 0.15) is 5.75 Å². The largest absolute Gasteiger partial charge is 0.496 e. The van der Waals surface area contributed by atoms with Crippen LogP contribution in [0.25, 0.3) is 11.4 Å². The molecule has 7 nitrogen and oxygen atoms in total. The molecule has 0 spiro atoms. The zero-order chi connectivity index (χ0) is 21.0. The third-order valence-corrected chi connectivity index (χ3v) is 5.30. The highest BCUT2D eigenvalue weighted by atomic mass is 32.2. The molecule has 0 aliphatic heterocycles. The maximum Gasteiger partial charge on any atom is 0.234 e. The number of nitrogens with one attached hydrogen (secondary N) is 1. The van der Waals surface area contributed by atoms with Crippen molar-refractivity contribution in [3.63, 3.8) is 0 Å². The molecule has 3 N–H and O–H groups in total. The van der Waals surface area contributed by atoms with Crippen LogP contribution in [0, 0.1) is 0 Å². The Bertz CT molecular complexity index is 1010. The van der Waals surface area contributed by atoms with E-state index in [9.17, 15) is 4.79 Å². The van der Waals surface area contributed by atoms with E-state index in [0.29, 0.717) is 16.7 Å². The lowest BCUT2D eigenvalue weighted by atomic mass is 9.86. The normalized spacial score (nSPS) is 11.3. The topological polar surface area (TPSA) is 95.1 Å². The first-order valence-electron chi connectivity index (χ1n) is 9.17. The molecule has 1 aromatic heterocycles. The van der Waals surface area contributed by atoms with Gasteiger partial charge in [-0.1, -0.05) is 62.9 Å². The van der Waals surface area contributed by atoms with Crippen molar-refractivity contribution in [2.24, 2.45) is 0 Å². The molecule has 3 aromatic rings. The average Bonchev–Trinajstić information content (AvgIpc) is 3.06. The molecule has 0 saturated carbocycles. The van der Waals surface area contributed by atoms with Crippen molar-refractivity contribution in [1.29, 1.82) is 0 Å². The van der Waals surface area contributed by atoms with E-state index in [-0.39, 0.29) is 17.1 Å². The Morgan fingerprint density at radius 2 is 1.83 bits per heavy atom. The Balaban J connectivity index is 1.70. The molecule has 152 valence electrons. The fourth-order valence-corrected chi connectivity index (χ4v) is 3.61. The van der Waals surface area contributed by atoms with Gasteiger partial charge in [-0.2, -0.15) is 0 Å². The summed E-state index contributed by atoms with van der Waals surface area (Å²) in [5.74, 6) is 7.33. The van der Waals surface area contributed by atoms with Crippen molar-refractivity contribution in [3.8, 4) is 17.1 Å². The summed E-state index contributed by atoms with van der Waals surface area (Å²) in [7, 11) is 1.59. The van der Waals surface area contributed by atoms with Gasteiger partial charge in [0.2, 0.25) is 11.1 Å². The number of rotatable bonds is 6. The van der Waals surface area contributed by atoms with Crippen LogP contribution < -0.4 is 15.9 Å². The molecule has 0 aliphatic carbocycles. The van der Waals surface area contributed by atoms with Crippen LogP contribution in [0.2, 0.25) is 0 Å². The second-order valence-corrected chi connectivity index (χ2v) is 8.45. The molecule has 0 fully saturated rings. The maximum atomic E-state index is 12.5. The molecule has 8 heteroatoms. The standard InChI is InChI=1S/C21H25N5O2S/c1-21(2,3)15-10-6-7-11-16(15)23-18(27)13-29-20-25-24-19(26(20)22)14-9-5-8-12-17(14)28-4/h5-12H,13,22H2,1-4H3,(H,23,27). The van der Waals surface area contributed by atoms with Gasteiger partial charge in [-0.25, -0.2) is 4.68 Å². The summed E-state index contributed by atoms with van der Waals surface area (Å²) in [5.41, 5.74) is 2.56. The molecular formula is C21H25N5O2S. The van der Waals surface area contributed by atoms with Gasteiger partial charge in [-0.3, -0.25) is 4.79 Å². The van der Waals surface area contributed by atoms with E-state index in [1.165, 1.54) is 16.4 Å². The van der Waals surface area contributed by atoms with Gasteiger partial charge >= 0.3 is 0 Å². The zero-order valence-electron chi connectivity index (χ0n) is 17.0. The molecule has 1 heterocycles. The summed E-state index contributed by atoms with van der Waals surface area (Å²) in [6, 6.07) is 15.3. The summed E-state index contributed by atoms with van der Waals surface area (Å²) in [6.07, 6.45) is 0. The number of aromatic nitrogens is 3. The van der Waals surface area contributed by atoms with Crippen molar-refractivity contribution in [3.05, 3.63) is 54.1 Å². The molecule has 0 radical (unpaired) electrons. The van der Waals surface area contributed by atoms with Gasteiger partial charge in [0.15, 0.2) is 5.82 Å². The molecule has 2 aromatic carbocycles. The minimum Gasteiger partial charge on any atom is -0.496 e. The quantitative estimate of drug-likeness (QED) is 0.474. The Labute approximate surface area is 174 Å². The lowest BCUT2D eigenvalue weighted by Crippen LogP contribution is -2.20.